The fourth-order valence-corrected chi connectivity index (χ4v) is 4.44. The van der Waals surface area contributed by atoms with Crippen molar-refractivity contribution in [2.75, 3.05) is 24.3 Å². The number of carbonyl (C=O) groups excluding carboxylic acids is 1. The molecule has 0 amide bonds. The second-order valence-electron chi connectivity index (χ2n) is 8.39. The zero-order valence-electron chi connectivity index (χ0n) is 19.2. The Bertz CT molecular complexity index is 1410. The average molecular weight is 520 g/mol. The molecule has 0 unspecified atom stereocenters. The molecule has 2 N–H and O–H groups in total. The molecule has 0 radical (unpaired) electrons. The second-order valence-corrected chi connectivity index (χ2v) is 9.25. The first-order valence-corrected chi connectivity index (χ1v) is 11.7. The molecule has 0 fully saturated rings. The van der Waals surface area contributed by atoms with Crippen LogP contribution in [0.2, 0.25) is 0 Å². The van der Waals surface area contributed by atoms with Crippen LogP contribution in [0.1, 0.15) is 28.4 Å². The van der Waals surface area contributed by atoms with Crippen molar-refractivity contribution in [1.29, 1.82) is 0 Å². The maximum atomic E-state index is 13.5. The van der Waals surface area contributed by atoms with E-state index >= 15 is 0 Å². The topological polar surface area (TPSA) is 74.6 Å². The maximum Gasteiger partial charge on any atom is 0.265 e. The molecular weight excluding hydrogens is 494 g/mol. The van der Waals surface area contributed by atoms with Gasteiger partial charge in [0.2, 0.25) is 0 Å². The molecule has 1 heterocycles. The molecule has 1 aromatic heterocycles. The van der Waals surface area contributed by atoms with E-state index in [9.17, 15) is 14.7 Å². The van der Waals surface area contributed by atoms with Crippen LogP contribution >= 0.6 is 15.9 Å². The van der Waals surface area contributed by atoms with Gasteiger partial charge in [-0.05, 0) is 57.9 Å². The summed E-state index contributed by atoms with van der Waals surface area (Å²) in [7, 11) is 5.54. The largest absolute Gasteiger partial charge is 0.506 e. The standard InChI is InChI=1S/C27H26BrN3O3/c1-30(2)18-14-12-17(13-15-18)22(29-21-10-6-5-9-20(21)28)16-24(32)25-26(33)19-8-4-7-11-23(19)31(3)27(25)34/h4-15,22,29,33H,16H2,1-3H3/t22-/m0/s1. The van der Waals surface area contributed by atoms with Crippen LogP contribution in [0.4, 0.5) is 11.4 Å². The van der Waals surface area contributed by atoms with Gasteiger partial charge in [0.05, 0.1) is 11.6 Å². The van der Waals surface area contributed by atoms with E-state index in [4.69, 9.17) is 0 Å². The number of pyridine rings is 1. The molecule has 6 nitrogen and oxygen atoms in total. The maximum absolute atomic E-state index is 13.5. The lowest BCUT2D eigenvalue weighted by molar-refractivity contribution is 0.0972. The predicted octanol–water partition coefficient (Wildman–Crippen LogP) is 5.50. The first-order valence-electron chi connectivity index (χ1n) is 10.9. The number of aryl methyl sites for hydroxylation is 1. The van der Waals surface area contributed by atoms with Crippen molar-refractivity contribution >= 4 is 44.0 Å². The molecule has 34 heavy (non-hydrogen) atoms. The van der Waals surface area contributed by atoms with Crippen molar-refractivity contribution in [3.63, 3.8) is 0 Å². The number of carbonyl (C=O) groups is 1. The average Bonchev–Trinajstić information content (AvgIpc) is 2.83. The summed E-state index contributed by atoms with van der Waals surface area (Å²) in [5.74, 6) is -0.698. The fraction of sp³-hybridized carbons (Fsp3) is 0.185. The minimum absolute atomic E-state index is 0.0101. The minimum atomic E-state index is -0.510. The Morgan fingerprint density at radius 3 is 2.35 bits per heavy atom. The van der Waals surface area contributed by atoms with Crippen molar-refractivity contribution in [3.8, 4) is 5.75 Å². The third-order valence-electron chi connectivity index (χ3n) is 5.96. The molecule has 4 aromatic rings. The monoisotopic (exact) mass is 519 g/mol. The zero-order valence-corrected chi connectivity index (χ0v) is 20.8. The van der Waals surface area contributed by atoms with Gasteiger partial charge in [0, 0.05) is 48.8 Å². The smallest absolute Gasteiger partial charge is 0.265 e. The summed E-state index contributed by atoms with van der Waals surface area (Å²) in [5, 5.41) is 14.8. The number of ketones is 1. The highest BCUT2D eigenvalue weighted by molar-refractivity contribution is 9.10. The molecule has 3 aromatic carbocycles. The van der Waals surface area contributed by atoms with Crippen molar-refractivity contribution in [2.24, 2.45) is 7.05 Å². The fourth-order valence-electron chi connectivity index (χ4n) is 4.04. The van der Waals surface area contributed by atoms with Gasteiger partial charge in [-0.15, -0.1) is 0 Å². The normalized spacial score (nSPS) is 11.9. The highest BCUT2D eigenvalue weighted by atomic mass is 79.9. The molecule has 4 rings (SSSR count). The number of nitrogens with zero attached hydrogens (tertiary/aromatic N) is 2. The van der Waals surface area contributed by atoms with E-state index in [0.29, 0.717) is 10.9 Å². The summed E-state index contributed by atoms with van der Waals surface area (Å²) < 4.78 is 2.27. The number of aromatic nitrogens is 1. The Kier molecular flexibility index (Phi) is 6.75. The van der Waals surface area contributed by atoms with Crippen LogP contribution in [-0.4, -0.2) is 29.6 Å². The number of anilines is 2. The minimum Gasteiger partial charge on any atom is -0.506 e. The van der Waals surface area contributed by atoms with Crippen LogP contribution in [0, 0.1) is 0 Å². The Hall–Kier alpha value is -3.58. The van der Waals surface area contributed by atoms with E-state index in [1.165, 1.54) is 4.57 Å². The summed E-state index contributed by atoms with van der Waals surface area (Å²) in [6.45, 7) is 0. The Balaban J connectivity index is 1.75. The van der Waals surface area contributed by atoms with Gasteiger partial charge in [-0.25, -0.2) is 0 Å². The van der Waals surface area contributed by atoms with Gasteiger partial charge in [-0.2, -0.15) is 0 Å². The molecule has 0 saturated heterocycles. The number of hydrogen-bond acceptors (Lipinski definition) is 5. The van der Waals surface area contributed by atoms with Gasteiger partial charge >= 0.3 is 0 Å². The molecule has 1 atom stereocenters. The first kappa shape index (κ1) is 23.6. The predicted molar refractivity (Wildman–Crippen MR) is 141 cm³/mol. The van der Waals surface area contributed by atoms with E-state index in [-0.39, 0.29) is 17.7 Å². The number of hydrogen-bond donors (Lipinski definition) is 2. The van der Waals surface area contributed by atoms with E-state index in [1.54, 1.807) is 31.3 Å². The zero-order chi connectivity index (χ0) is 24.4. The highest BCUT2D eigenvalue weighted by Crippen LogP contribution is 2.32. The molecule has 174 valence electrons. The summed E-state index contributed by atoms with van der Waals surface area (Å²) >= 11 is 3.55. The number of fused-ring (bicyclic) bond motifs is 1. The number of Topliss-reactive ketones (excluding diaryl/α,β-unsaturated/α-hetero) is 1. The molecule has 7 heteroatoms. The Labute approximate surface area is 206 Å². The molecule has 0 aliphatic rings. The number of rotatable bonds is 7. The molecule has 0 bridgehead atoms. The summed E-state index contributed by atoms with van der Waals surface area (Å²) in [6.07, 6.45) is -0.0101. The van der Waals surface area contributed by atoms with Gasteiger partial charge in [-0.1, -0.05) is 36.4 Å². The third-order valence-corrected chi connectivity index (χ3v) is 6.65. The molecule has 0 aliphatic carbocycles. The van der Waals surface area contributed by atoms with Crippen LogP contribution in [-0.2, 0) is 7.05 Å². The summed E-state index contributed by atoms with van der Waals surface area (Å²) in [4.78, 5) is 28.5. The van der Waals surface area contributed by atoms with Crippen molar-refractivity contribution < 1.29 is 9.90 Å². The lowest BCUT2D eigenvalue weighted by atomic mass is 9.96. The molecule has 0 saturated carbocycles. The van der Waals surface area contributed by atoms with Gasteiger partial charge < -0.3 is 19.9 Å². The number of halogens is 1. The van der Waals surface area contributed by atoms with Gasteiger partial charge in [0.15, 0.2) is 5.78 Å². The number of aromatic hydroxyl groups is 1. The van der Waals surface area contributed by atoms with Crippen molar-refractivity contribution in [3.05, 3.63) is 98.7 Å². The summed E-state index contributed by atoms with van der Waals surface area (Å²) in [5.41, 5.74) is 2.63. The molecular formula is C27H26BrN3O3. The Morgan fingerprint density at radius 1 is 1.03 bits per heavy atom. The van der Waals surface area contributed by atoms with Crippen LogP contribution in [0.15, 0.2) is 82.1 Å². The number of para-hydroxylation sites is 2. The van der Waals surface area contributed by atoms with E-state index in [2.05, 4.69) is 21.2 Å². The van der Waals surface area contributed by atoms with Gasteiger partial charge in [-0.3, -0.25) is 9.59 Å². The second kappa shape index (κ2) is 9.73. The van der Waals surface area contributed by atoms with Crippen molar-refractivity contribution in [1.82, 2.24) is 4.57 Å². The van der Waals surface area contributed by atoms with E-state index in [0.717, 1.165) is 21.4 Å². The van der Waals surface area contributed by atoms with E-state index in [1.807, 2.05) is 67.5 Å². The number of benzene rings is 3. The van der Waals surface area contributed by atoms with Crippen LogP contribution in [0.25, 0.3) is 10.9 Å². The third kappa shape index (κ3) is 4.56. The molecule has 0 spiro atoms. The molecule has 0 aliphatic heterocycles. The SMILES string of the molecule is CN(C)c1ccc([C@H](CC(=O)c2c(O)c3ccccc3n(C)c2=O)Nc2ccccc2Br)cc1. The van der Waals surface area contributed by atoms with Crippen LogP contribution in [0.5, 0.6) is 5.75 Å². The van der Waals surface area contributed by atoms with Crippen LogP contribution in [0.3, 0.4) is 0 Å². The van der Waals surface area contributed by atoms with Gasteiger partial charge in [0.25, 0.3) is 5.56 Å². The Morgan fingerprint density at radius 2 is 1.68 bits per heavy atom. The highest BCUT2D eigenvalue weighted by Gasteiger charge is 2.25. The lowest BCUT2D eigenvalue weighted by Gasteiger charge is -2.22. The first-order chi connectivity index (χ1) is 16.3. The van der Waals surface area contributed by atoms with Crippen LogP contribution < -0.4 is 15.8 Å². The van der Waals surface area contributed by atoms with Crippen molar-refractivity contribution in [2.45, 2.75) is 12.5 Å². The number of nitrogens with one attached hydrogen (secondary N) is 1. The summed E-state index contributed by atoms with van der Waals surface area (Å²) in [6, 6.07) is 22.2. The van der Waals surface area contributed by atoms with E-state index < -0.39 is 17.4 Å². The lowest BCUT2D eigenvalue weighted by Crippen LogP contribution is -2.27. The van der Waals surface area contributed by atoms with Gasteiger partial charge in [0.1, 0.15) is 11.3 Å². The quantitative estimate of drug-likeness (QED) is 0.315.